The van der Waals surface area contributed by atoms with Crippen LogP contribution < -0.4 is 20.9 Å². The van der Waals surface area contributed by atoms with E-state index in [-0.39, 0.29) is 30.1 Å². The smallest absolute Gasteiger partial charge is 0.267 e. The largest absolute Gasteiger partial charge is 0.375 e. The lowest BCUT2D eigenvalue weighted by molar-refractivity contribution is -0.124. The summed E-state index contributed by atoms with van der Waals surface area (Å²) in [7, 11) is 0. The number of aromatic nitrogens is 3. The Morgan fingerprint density at radius 2 is 1.92 bits per heavy atom. The maximum atomic E-state index is 12.9. The van der Waals surface area contributed by atoms with E-state index in [1.54, 1.807) is 18.5 Å². The minimum atomic E-state index is -0.265. The number of halogens is 1. The van der Waals surface area contributed by atoms with Crippen LogP contribution in [-0.4, -0.2) is 101 Å². The number of allylic oxidation sites excluding steroid dienone is 2. The molecule has 1 aromatic carbocycles. The van der Waals surface area contributed by atoms with E-state index in [9.17, 15) is 9.59 Å². The van der Waals surface area contributed by atoms with Crippen molar-refractivity contribution in [3.63, 3.8) is 0 Å². The van der Waals surface area contributed by atoms with Crippen LogP contribution in [0.4, 0.5) is 22.5 Å². The normalized spacial score (nSPS) is 22.9. The molecule has 13 nitrogen and oxygen atoms in total. The number of likely N-dealkylation sites (tertiary alicyclic amines) is 1. The van der Waals surface area contributed by atoms with Crippen molar-refractivity contribution in [3.05, 3.63) is 75.3 Å². The maximum Gasteiger partial charge on any atom is 0.267 e. The molecule has 0 spiro atoms. The van der Waals surface area contributed by atoms with Gasteiger partial charge < -0.3 is 30.5 Å². The van der Waals surface area contributed by atoms with Crippen molar-refractivity contribution in [3.8, 4) is 0 Å². The van der Waals surface area contributed by atoms with E-state index in [2.05, 4.69) is 65.3 Å². The number of piperidine rings is 1. The molecule has 2 aromatic heterocycles. The lowest BCUT2D eigenvalue weighted by Crippen LogP contribution is -2.49. The fourth-order valence-electron chi connectivity index (χ4n) is 7.46. The highest BCUT2D eigenvalue weighted by Crippen LogP contribution is 2.34. The van der Waals surface area contributed by atoms with Crippen LogP contribution in [0.5, 0.6) is 0 Å². The number of rotatable bonds is 11. The average Bonchev–Trinajstić information content (AvgIpc) is 3.74. The van der Waals surface area contributed by atoms with E-state index in [1.165, 1.54) is 17.0 Å². The molecule has 4 fully saturated rings. The summed E-state index contributed by atoms with van der Waals surface area (Å²) in [4.78, 5) is 51.4. The fraction of sp³-hybridized carbons (Fsp3) is 0.474. The number of fused-ring (bicyclic) bond motifs is 1. The molecule has 15 heteroatoms. The zero-order valence-electron chi connectivity index (χ0n) is 30.5. The number of nitrogens with one attached hydrogen (secondary N) is 3. The first-order chi connectivity index (χ1) is 25.6. The van der Waals surface area contributed by atoms with Crippen LogP contribution >= 0.6 is 22.9 Å². The maximum absolute atomic E-state index is 12.9. The topological polar surface area (TPSA) is 144 Å². The molecule has 4 aliphatic heterocycles. The molecular formula is C38H47ClN10O3S. The number of hydrogen-bond acceptors (Lipinski definition) is 12. The number of aliphatic imine (C=N–C) groups is 1. The molecule has 7 rings (SSSR count). The monoisotopic (exact) mass is 758 g/mol. The van der Waals surface area contributed by atoms with E-state index in [0.717, 1.165) is 88.5 Å². The number of ether oxygens (including phenoxy) is 1. The van der Waals surface area contributed by atoms with Crippen LogP contribution in [0.3, 0.4) is 0 Å². The van der Waals surface area contributed by atoms with Crippen molar-refractivity contribution < 1.29 is 14.3 Å². The number of aryl methyl sites for hydroxylation is 2. The van der Waals surface area contributed by atoms with Gasteiger partial charge in [-0.3, -0.25) is 19.5 Å². The molecular weight excluding hydrogens is 712 g/mol. The van der Waals surface area contributed by atoms with Gasteiger partial charge in [0, 0.05) is 63.8 Å². The van der Waals surface area contributed by atoms with Crippen LogP contribution in [0.25, 0.3) is 0 Å². The third-order valence-electron chi connectivity index (χ3n) is 10.5. The van der Waals surface area contributed by atoms with E-state index in [0.29, 0.717) is 38.3 Å². The van der Waals surface area contributed by atoms with Crippen molar-refractivity contribution in [2.24, 2.45) is 16.8 Å². The van der Waals surface area contributed by atoms with Crippen LogP contribution in [-0.2, 0) is 9.53 Å². The minimum Gasteiger partial charge on any atom is -0.375 e. The summed E-state index contributed by atoms with van der Waals surface area (Å²) in [5.41, 5.74) is 3.57. The first kappa shape index (κ1) is 37.0. The molecule has 2 amide bonds. The lowest BCUT2D eigenvalue weighted by atomic mass is 9.92. The summed E-state index contributed by atoms with van der Waals surface area (Å²) in [5.74, 6) is 2.35. The van der Waals surface area contributed by atoms with Crippen molar-refractivity contribution in [1.29, 1.82) is 0 Å². The minimum absolute atomic E-state index is 0.0117. The number of amides is 2. The summed E-state index contributed by atoms with van der Waals surface area (Å²) in [6, 6.07) is 7.46. The third kappa shape index (κ3) is 9.06. The van der Waals surface area contributed by atoms with Gasteiger partial charge in [-0.25, -0.2) is 15.0 Å². The summed E-state index contributed by atoms with van der Waals surface area (Å²) >= 11 is 7.56. The van der Waals surface area contributed by atoms with Gasteiger partial charge in [-0.1, -0.05) is 35.1 Å². The van der Waals surface area contributed by atoms with E-state index in [1.807, 2.05) is 32.0 Å². The van der Waals surface area contributed by atoms with Gasteiger partial charge in [0.15, 0.2) is 11.4 Å². The van der Waals surface area contributed by atoms with Crippen LogP contribution in [0.1, 0.15) is 53.7 Å². The summed E-state index contributed by atoms with van der Waals surface area (Å²) in [5, 5.41) is 10.2. The Hall–Kier alpha value is -4.37. The number of carbonyl (C=O) groups excluding carboxylic acids is 2. The summed E-state index contributed by atoms with van der Waals surface area (Å²) in [6.07, 6.45) is 9.34. The Balaban J connectivity index is 0.880. The third-order valence-corrected chi connectivity index (χ3v) is 11.7. The van der Waals surface area contributed by atoms with Gasteiger partial charge in [-0.05, 0) is 82.4 Å². The van der Waals surface area contributed by atoms with Crippen molar-refractivity contribution in [2.45, 2.75) is 58.8 Å². The molecule has 0 bridgehead atoms. The van der Waals surface area contributed by atoms with Crippen LogP contribution in [0, 0.1) is 25.7 Å². The number of nitrogens with zero attached hydrogens (tertiary/aromatic N) is 7. The quantitative estimate of drug-likeness (QED) is 0.125. The van der Waals surface area contributed by atoms with Crippen molar-refractivity contribution in [1.82, 2.24) is 30.1 Å². The second-order valence-electron chi connectivity index (χ2n) is 14.2. The second kappa shape index (κ2) is 16.3. The molecule has 3 aromatic rings. The highest BCUT2D eigenvalue weighted by atomic mass is 35.5. The predicted octanol–water partition coefficient (Wildman–Crippen LogP) is 5.77. The lowest BCUT2D eigenvalue weighted by Gasteiger charge is -2.40. The molecule has 53 heavy (non-hydrogen) atoms. The van der Waals surface area contributed by atoms with E-state index < -0.39 is 0 Å². The zero-order valence-corrected chi connectivity index (χ0v) is 32.1. The summed E-state index contributed by atoms with van der Waals surface area (Å²) in [6.45, 7) is 16.4. The molecule has 3 unspecified atom stereocenters. The van der Waals surface area contributed by atoms with Crippen LogP contribution in [0.15, 0.2) is 59.0 Å². The number of carbonyl (C=O) groups is 2. The van der Waals surface area contributed by atoms with E-state index >= 15 is 0 Å². The second-order valence-corrected chi connectivity index (χ2v) is 15.7. The Kier molecular flexibility index (Phi) is 11.4. The predicted molar refractivity (Wildman–Crippen MR) is 210 cm³/mol. The molecule has 6 heterocycles. The standard InChI is InChI=1S/C38H47ClN10O3S/c1-23-6-5-7-29(39)34(23)45-36(51)31-21-41-38(53-31)44-32-19-33(43-25(3)42-32)49-16-14-47(15-17-49)22-26-10-12-48(13-11-26)24(2)18-27(20-40-4)28-8-9-30-37(52-30)46-35(28)50/h5-7,18-21,26,28,30,37H,4,8-17,22H2,1-3H3,(H,45,51)(H,46,50)(H,41,42,43,44)/b24-18+,27-20+. The number of anilines is 4. The molecule has 280 valence electrons. The highest BCUT2D eigenvalue weighted by Gasteiger charge is 2.44. The fourth-order valence-corrected chi connectivity index (χ4v) is 8.45. The molecule has 0 aliphatic carbocycles. The number of piperazine rings is 1. The van der Waals surface area contributed by atoms with Gasteiger partial charge in [0.05, 0.1) is 22.8 Å². The number of hydrogen-bond donors (Lipinski definition) is 3. The van der Waals surface area contributed by atoms with Gasteiger partial charge in [-0.15, -0.1) is 0 Å². The summed E-state index contributed by atoms with van der Waals surface area (Å²) < 4.78 is 5.49. The Labute approximate surface area is 319 Å². The van der Waals surface area contributed by atoms with Gasteiger partial charge in [-0.2, -0.15) is 0 Å². The first-order valence-electron chi connectivity index (χ1n) is 18.3. The first-order valence-corrected chi connectivity index (χ1v) is 19.5. The van der Waals surface area contributed by atoms with E-state index in [4.69, 9.17) is 21.3 Å². The molecule has 3 atom stereocenters. The molecule has 4 saturated heterocycles. The number of thiazole rings is 1. The SMILES string of the molecule is C=N/C=C(\C=C(/C)N1CCC(CN2CCN(c3cc(Nc4ncc(C(=O)Nc5c(C)cccc5Cl)s4)nc(C)n3)CC2)CC1)C1CCC2OC2NC1=O. The molecule has 0 saturated carbocycles. The Bertz CT molecular complexity index is 1880. The van der Waals surface area contributed by atoms with Crippen LogP contribution in [0.2, 0.25) is 5.02 Å². The van der Waals surface area contributed by atoms with Gasteiger partial charge in [0.25, 0.3) is 5.91 Å². The molecule has 3 N–H and O–H groups in total. The molecule has 0 radical (unpaired) electrons. The van der Waals surface area contributed by atoms with Gasteiger partial charge in [0.2, 0.25) is 5.91 Å². The van der Waals surface area contributed by atoms with Gasteiger partial charge in [0.1, 0.15) is 28.4 Å². The van der Waals surface area contributed by atoms with Crippen molar-refractivity contribution >= 4 is 63.9 Å². The average molecular weight is 759 g/mol. The number of para-hydroxylation sites is 1. The number of benzene rings is 1. The highest BCUT2D eigenvalue weighted by molar-refractivity contribution is 7.17. The Morgan fingerprint density at radius 1 is 1.13 bits per heavy atom. The number of epoxide rings is 1. The Morgan fingerprint density at radius 3 is 2.68 bits per heavy atom. The van der Waals surface area contributed by atoms with Gasteiger partial charge >= 0.3 is 0 Å². The zero-order chi connectivity index (χ0) is 37.1. The molecule has 4 aliphatic rings. The van der Waals surface area contributed by atoms with Crippen molar-refractivity contribution in [2.75, 3.05) is 61.3 Å².